The lowest BCUT2D eigenvalue weighted by molar-refractivity contribution is -0.142. The molecule has 2 atom stereocenters. The second-order valence-corrected chi connectivity index (χ2v) is 7.49. The number of hydrogen-bond acceptors (Lipinski definition) is 5. The highest BCUT2D eigenvalue weighted by Crippen LogP contribution is 2.41. The Labute approximate surface area is 163 Å². The predicted octanol–water partition coefficient (Wildman–Crippen LogP) is 3.87. The number of nitrogens with one attached hydrogen (secondary N) is 1. The summed E-state index contributed by atoms with van der Waals surface area (Å²) in [5, 5.41) is 5.31. The molecule has 0 saturated carbocycles. The van der Waals surface area contributed by atoms with E-state index in [4.69, 9.17) is 4.74 Å². The molecule has 0 bridgehead atoms. The maximum absolute atomic E-state index is 13.1. The molecule has 2 heterocycles. The van der Waals surface area contributed by atoms with E-state index in [1.807, 2.05) is 34.5 Å². The Bertz CT molecular complexity index is 779. The highest BCUT2D eigenvalue weighted by Gasteiger charge is 2.41. The van der Waals surface area contributed by atoms with Crippen LogP contribution < -0.4 is 10.1 Å². The average molecular weight is 388 g/mol. The zero-order valence-electron chi connectivity index (χ0n) is 15.7. The van der Waals surface area contributed by atoms with E-state index < -0.39 is 0 Å². The van der Waals surface area contributed by atoms with Gasteiger partial charge in [0, 0.05) is 30.1 Å². The number of aromatic nitrogens is 1. The van der Waals surface area contributed by atoms with Crippen molar-refractivity contribution in [3.8, 4) is 5.75 Å². The summed E-state index contributed by atoms with van der Waals surface area (Å²) < 4.78 is 5.54. The summed E-state index contributed by atoms with van der Waals surface area (Å²) in [6.45, 7) is 2.73. The van der Waals surface area contributed by atoms with Crippen molar-refractivity contribution in [1.82, 2.24) is 9.88 Å². The van der Waals surface area contributed by atoms with E-state index in [1.54, 1.807) is 13.3 Å². The van der Waals surface area contributed by atoms with Crippen molar-refractivity contribution < 1.29 is 14.3 Å². The minimum atomic E-state index is -0.347. The molecule has 144 valence electrons. The molecule has 6 nitrogen and oxygen atoms in total. The normalized spacial score (nSPS) is 19.8. The lowest BCUT2D eigenvalue weighted by Crippen LogP contribution is -2.47. The quantitative estimate of drug-likeness (QED) is 0.783. The molecular weight excluding hydrogens is 362 g/mol. The summed E-state index contributed by atoms with van der Waals surface area (Å²) in [5.41, 5.74) is 0.878. The van der Waals surface area contributed by atoms with Gasteiger partial charge in [-0.25, -0.2) is 4.98 Å². The third kappa shape index (κ3) is 4.30. The molecule has 1 aromatic carbocycles. The molecule has 1 aromatic heterocycles. The summed E-state index contributed by atoms with van der Waals surface area (Å²) in [4.78, 5) is 31.8. The summed E-state index contributed by atoms with van der Waals surface area (Å²) in [7, 11) is 1.62. The zero-order valence-corrected chi connectivity index (χ0v) is 16.5. The lowest BCUT2D eigenvalue weighted by Gasteiger charge is -2.41. The second kappa shape index (κ2) is 8.99. The van der Waals surface area contributed by atoms with Crippen molar-refractivity contribution >= 4 is 28.3 Å². The summed E-state index contributed by atoms with van der Waals surface area (Å²) in [6, 6.07) is 7.31. The van der Waals surface area contributed by atoms with Crippen LogP contribution in [0.15, 0.2) is 35.8 Å². The van der Waals surface area contributed by atoms with Crippen LogP contribution in [0, 0.1) is 5.92 Å². The molecule has 2 amide bonds. The summed E-state index contributed by atoms with van der Waals surface area (Å²) in [6.07, 6.45) is 4.44. The van der Waals surface area contributed by atoms with Crippen LogP contribution in [-0.4, -0.2) is 35.4 Å². The lowest BCUT2D eigenvalue weighted by atomic mass is 9.83. The minimum Gasteiger partial charge on any atom is -0.496 e. The Balaban J connectivity index is 1.96. The molecule has 1 aliphatic heterocycles. The van der Waals surface area contributed by atoms with Gasteiger partial charge in [0.25, 0.3) is 0 Å². The molecule has 0 aliphatic carbocycles. The number of likely N-dealkylation sites (tertiary alicyclic amines) is 1. The van der Waals surface area contributed by atoms with Gasteiger partial charge in [-0.05, 0) is 18.9 Å². The average Bonchev–Trinajstić information content (AvgIpc) is 3.19. The molecule has 1 N–H and O–H groups in total. The number of rotatable bonds is 7. The summed E-state index contributed by atoms with van der Waals surface area (Å²) in [5.74, 6) is 0.345. The third-order valence-corrected chi connectivity index (χ3v) is 5.60. The van der Waals surface area contributed by atoms with Crippen LogP contribution in [0.2, 0.25) is 0 Å². The topological polar surface area (TPSA) is 71.5 Å². The van der Waals surface area contributed by atoms with Gasteiger partial charge < -0.3 is 15.0 Å². The van der Waals surface area contributed by atoms with Crippen LogP contribution in [0.3, 0.4) is 0 Å². The molecule has 2 aromatic rings. The van der Waals surface area contributed by atoms with Gasteiger partial charge in [0.15, 0.2) is 5.13 Å². The van der Waals surface area contributed by atoms with E-state index in [2.05, 4.69) is 17.2 Å². The first-order valence-electron chi connectivity index (χ1n) is 9.28. The maximum Gasteiger partial charge on any atom is 0.231 e. The van der Waals surface area contributed by atoms with Gasteiger partial charge in [0.2, 0.25) is 11.8 Å². The number of benzene rings is 1. The van der Waals surface area contributed by atoms with Crippen molar-refractivity contribution in [2.24, 2.45) is 5.92 Å². The van der Waals surface area contributed by atoms with Crippen LogP contribution in [0.4, 0.5) is 5.13 Å². The van der Waals surface area contributed by atoms with E-state index in [9.17, 15) is 9.59 Å². The van der Waals surface area contributed by atoms with Gasteiger partial charge >= 0.3 is 0 Å². The number of unbranched alkanes of at least 4 members (excludes halogenated alkanes) is 1. The number of hydrogen-bond donors (Lipinski definition) is 1. The number of methoxy groups -OCH3 is 1. The van der Waals surface area contributed by atoms with Gasteiger partial charge in [-0.2, -0.15) is 0 Å². The van der Waals surface area contributed by atoms with E-state index in [1.165, 1.54) is 11.3 Å². The second-order valence-electron chi connectivity index (χ2n) is 6.60. The van der Waals surface area contributed by atoms with E-state index in [0.29, 0.717) is 30.3 Å². The Morgan fingerprint density at radius 2 is 2.22 bits per heavy atom. The molecule has 1 aliphatic rings. The Morgan fingerprint density at radius 3 is 2.93 bits per heavy atom. The molecule has 1 fully saturated rings. The molecule has 1 saturated heterocycles. The predicted molar refractivity (Wildman–Crippen MR) is 106 cm³/mol. The standard InChI is InChI=1S/C20H25N3O3S/c1-3-4-12-23-17(24)10-9-15(19(25)22-20-21-11-13-27-20)18(23)14-7-5-6-8-16(14)26-2/h5-8,11,13,15,18H,3-4,9-10,12H2,1-2H3,(H,21,22,25)/t15-,18+/m0/s1. The Hall–Kier alpha value is -2.41. The molecule has 0 spiro atoms. The fourth-order valence-corrected chi connectivity index (χ4v) is 4.13. The largest absolute Gasteiger partial charge is 0.496 e. The first kappa shape index (κ1) is 19.4. The van der Waals surface area contributed by atoms with Crippen LogP contribution >= 0.6 is 11.3 Å². The third-order valence-electron chi connectivity index (χ3n) is 4.92. The van der Waals surface area contributed by atoms with Crippen molar-refractivity contribution in [3.63, 3.8) is 0 Å². The fraction of sp³-hybridized carbons (Fsp3) is 0.450. The van der Waals surface area contributed by atoms with Crippen LogP contribution in [-0.2, 0) is 9.59 Å². The first-order valence-corrected chi connectivity index (χ1v) is 10.2. The number of para-hydroxylation sites is 1. The van der Waals surface area contributed by atoms with Crippen molar-refractivity contribution in [1.29, 1.82) is 0 Å². The monoisotopic (exact) mass is 387 g/mol. The molecule has 27 heavy (non-hydrogen) atoms. The van der Waals surface area contributed by atoms with E-state index >= 15 is 0 Å². The van der Waals surface area contributed by atoms with Crippen molar-refractivity contribution in [3.05, 3.63) is 41.4 Å². The van der Waals surface area contributed by atoms with Crippen molar-refractivity contribution in [2.45, 2.75) is 38.6 Å². The van der Waals surface area contributed by atoms with Crippen molar-refractivity contribution in [2.75, 3.05) is 19.0 Å². The number of piperidine rings is 1. The molecule has 0 radical (unpaired) electrons. The van der Waals surface area contributed by atoms with Gasteiger partial charge in [-0.1, -0.05) is 31.5 Å². The van der Waals surface area contributed by atoms with Gasteiger partial charge in [-0.3, -0.25) is 9.59 Å². The van der Waals surface area contributed by atoms with Crippen LogP contribution in [0.1, 0.15) is 44.2 Å². The SMILES string of the molecule is CCCCN1C(=O)CC[C@H](C(=O)Nc2nccs2)[C@H]1c1ccccc1OC. The van der Waals surface area contributed by atoms with Gasteiger partial charge in [-0.15, -0.1) is 11.3 Å². The fourth-order valence-electron chi connectivity index (χ4n) is 3.60. The Kier molecular flexibility index (Phi) is 6.45. The molecular formula is C20H25N3O3S. The molecule has 3 rings (SSSR count). The Morgan fingerprint density at radius 1 is 1.41 bits per heavy atom. The van der Waals surface area contributed by atoms with E-state index in [-0.39, 0.29) is 23.8 Å². The van der Waals surface area contributed by atoms with Gasteiger partial charge in [0.1, 0.15) is 5.75 Å². The maximum atomic E-state index is 13.1. The van der Waals surface area contributed by atoms with Crippen LogP contribution in [0.5, 0.6) is 5.75 Å². The number of thiazole rings is 1. The number of nitrogens with zero attached hydrogens (tertiary/aromatic N) is 2. The minimum absolute atomic E-state index is 0.0951. The number of amides is 2. The number of carbonyl (C=O) groups is 2. The zero-order chi connectivity index (χ0) is 19.2. The van der Waals surface area contributed by atoms with Gasteiger partial charge in [0.05, 0.1) is 19.1 Å². The van der Waals surface area contributed by atoms with E-state index in [0.717, 1.165) is 18.4 Å². The molecule has 0 unspecified atom stereocenters. The smallest absolute Gasteiger partial charge is 0.231 e. The highest BCUT2D eigenvalue weighted by atomic mass is 32.1. The number of carbonyl (C=O) groups excluding carboxylic acids is 2. The first-order chi connectivity index (χ1) is 13.2. The summed E-state index contributed by atoms with van der Waals surface area (Å²) >= 11 is 1.39. The molecule has 7 heteroatoms. The number of ether oxygens (including phenoxy) is 1. The number of anilines is 1. The van der Waals surface area contributed by atoms with Crippen LogP contribution in [0.25, 0.3) is 0 Å². The highest BCUT2D eigenvalue weighted by molar-refractivity contribution is 7.13.